The third kappa shape index (κ3) is 3.76. The van der Waals surface area contributed by atoms with Gasteiger partial charge < -0.3 is 10.1 Å². The molecule has 0 heterocycles. The predicted molar refractivity (Wildman–Crippen MR) is 66.6 cm³/mol. The molecular formula is C14H18N2O. The summed E-state index contributed by atoms with van der Waals surface area (Å²) in [7, 11) is 0. The van der Waals surface area contributed by atoms with Crippen molar-refractivity contribution in [2.45, 2.75) is 25.8 Å². The van der Waals surface area contributed by atoms with Crippen LogP contribution >= 0.6 is 0 Å². The minimum Gasteiger partial charge on any atom is -0.479 e. The van der Waals surface area contributed by atoms with Crippen LogP contribution in [0.2, 0.25) is 0 Å². The van der Waals surface area contributed by atoms with Crippen molar-refractivity contribution < 1.29 is 4.74 Å². The maximum Gasteiger partial charge on any atom is 0.174 e. The summed E-state index contributed by atoms with van der Waals surface area (Å²) < 4.78 is 5.27. The molecule has 1 aliphatic carbocycles. The molecule has 90 valence electrons. The summed E-state index contributed by atoms with van der Waals surface area (Å²) in [6.45, 7) is 2.10. The largest absolute Gasteiger partial charge is 0.479 e. The molecule has 1 N–H and O–H groups in total. The van der Waals surface area contributed by atoms with Gasteiger partial charge >= 0.3 is 0 Å². The Kier molecular flexibility index (Phi) is 4.40. The maximum atomic E-state index is 8.45. The molecule has 2 rings (SSSR count). The zero-order valence-corrected chi connectivity index (χ0v) is 9.98. The molecule has 0 amide bonds. The van der Waals surface area contributed by atoms with Gasteiger partial charge in [-0.2, -0.15) is 5.26 Å². The molecule has 1 aromatic rings. The molecule has 0 unspecified atom stereocenters. The standard InChI is InChI=1S/C14H18N2O/c15-7-8-17-14-6-2-5-13(9-14)11-16-10-12-3-1-4-12/h2,5-6,9,12,16H,1,3-4,8,10-11H2. The average molecular weight is 230 g/mol. The quantitative estimate of drug-likeness (QED) is 0.816. The molecule has 1 aromatic carbocycles. The molecule has 3 heteroatoms. The molecule has 0 radical (unpaired) electrons. The summed E-state index contributed by atoms with van der Waals surface area (Å²) in [5.41, 5.74) is 1.21. The minimum absolute atomic E-state index is 0.110. The Labute approximate surface area is 102 Å². The molecule has 0 bridgehead atoms. The fourth-order valence-electron chi connectivity index (χ4n) is 1.98. The molecule has 3 nitrogen and oxygen atoms in total. The molecular weight excluding hydrogens is 212 g/mol. The van der Waals surface area contributed by atoms with E-state index in [1.165, 1.54) is 24.8 Å². The van der Waals surface area contributed by atoms with Gasteiger partial charge in [-0.3, -0.25) is 0 Å². The van der Waals surface area contributed by atoms with Crippen molar-refractivity contribution >= 4 is 0 Å². The van der Waals surface area contributed by atoms with Gasteiger partial charge in [-0.25, -0.2) is 0 Å². The molecule has 0 saturated heterocycles. The van der Waals surface area contributed by atoms with E-state index < -0.39 is 0 Å². The van der Waals surface area contributed by atoms with Crippen molar-refractivity contribution in [2.75, 3.05) is 13.2 Å². The summed E-state index contributed by atoms with van der Waals surface area (Å²) in [4.78, 5) is 0. The summed E-state index contributed by atoms with van der Waals surface area (Å²) >= 11 is 0. The van der Waals surface area contributed by atoms with Gasteiger partial charge in [0.05, 0.1) is 0 Å². The number of nitrogens with one attached hydrogen (secondary N) is 1. The second-order valence-corrected chi connectivity index (χ2v) is 4.52. The van der Waals surface area contributed by atoms with Gasteiger partial charge in [0.2, 0.25) is 0 Å². The van der Waals surface area contributed by atoms with E-state index in [2.05, 4.69) is 11.4 Å². The van der Waals surface area contributed by atoms with Gasteiger partial charge in [0.15, 0.2) is 6.61 Å². The predicted octanol–water partition coefficient (Wildman–Crippen LogP) is 2.48. The van der Waals surface area contributed by atoms with Crippen molar-refractivity contribution in [3.05, 3.63) is 29.8 Å². The molecule has 0 spiro atoms. The Morgan fingerprint density at radius 3 is 3.00 bits per heavy atom. The van der Waals surface area contributed by atoms with Crippen LogP contribution in [-0.2, 0) is 6.54 Å². The maximum absolute atomic E-state index is 8.45. The van der Waals surface area contributed by atoms with Crippen LogP contribution in [0.15, 0.2) is 24.3 Å². The molecule has 17 heavy (non-hydrogen) atoms. The van der Waals surface area contributed by atoms with Gasteiger partial charge in [-0.05, 0) is 43.0 Å². The van der Waals surface area contributed by atoms with Crippen LogP contribution in [0.1, 0.15) is 24.8 Å². The van der Waals surface area contributed by atoms with Crippen LogP contribution in [0.5, 0.6) is 5.75 Å². The number of ether oxygens (including phenoxy) is 1. The molecule has 0 aromatic heterocycles. The fourth-order valence-corrected chi connectivity index (χ4v) is 1.98. The molecule has 0 aliphatic heterocycles. The van der Waals surface area contributed by atoms with E-state index in [0.717, 1.165) is 24.8 Å². The highest BCUT2D eigenvalue weighted by Gasteiger charge is 2.16. The molecule has 1 saturated carbocycles. The van der Waals surface area contributed by atoms with Crippen molar-refractivity contribution in [3.8, 4) is 11.8 Å². The number of nitrogens with zero attached hydrogens (tertiary/aromatic N) is 1. The van der Waals surface area contributed by atoms with Crippen LogP contribution in [0, 0.1) is 17.2 Å². The Morgan fingerprint density at radius 1 is 1.41 bits per heavy atom. The summed E-state index contributed by atoms with van der Waals surface area (Å²) in [6.07, 6.45) is 4.14. The Balaban J connectivity index is 1.76. The Hall–Kier alpha value is -1.53. The number of hydrogen-bond acceptors (Lipinski definition) is 3. The topological polar surface area (TPSA) is 45.0 Å². The highest BCUT2D eigenvalue weighted by molar-refractivity contribution is 5.28. The number of nitriles is 1. The van der Waals surface area contributed by atoms with E-state index in [4.69, 9.17) is 10.00 Å². The number of benzene rings is 1. The van der Waals surface area contributed by atoms with Crippen molar-refractivity contribution in [3.63, 3.8) is 0 Å². The number of hydrogen-bond donors (Lipinski definition) is 1. The number of rotatable bonds is 6. The lowest BCUT2D eigenvalue weighted by atomic mass is 9.85. The molecule has 0 atom stereocenters. The smallest absolute Gasteiger partial charge is 0.174 e. The van der Waals surface area contributed by atoms with E-state index in [9.17, 15) is 0 Å². The monoisotopic (exact) mass is 230 g/mol. The molecule has 1 aliphatic rings. The summed E-state index contributed by atoms with van der Waals surface area (Å²) in [6, 6.07) is 9.89. The average Bonchev–Trinajstić information content (AvgIpc) is 2.30. The lowest BCUT2D eigenvalue weighted by Gasteiger charge is -2.25. The second-order valence-electron chi connectivity index (χ2n) is 4.52. The minimum atomic E-state index is 0.110. The van der Waals surface area contributed by atoms with E-state index >= 15 is 0 Å². The van der Waals surface area contributed by atoms with E-state index in [1.807, 2.05) is 24.3 Å². The highest BCUT2D eigenvalue weighted by atomic mass is 16.5. The van der Waals surface area contributed by atoms with E-state index in [-0.39, 0.29) is 6.61 Å². The van der Waals surface area contributed by atoms with E-state index in [0.29, 0.717) is 0 Å². The first kappa shape index (κ1) is 11.9. The van der Waals surface area contributed by atoms with Gasteiger partial charge in [-0.1, -0.05) is 18.6 Å². The summed E-state index contributed by atoms with van der Waals surface area (Å²) in [5.74, 6) is 1.66. The van der Waals surface area contributed by atoms with Crippen molar-refractivity contribution in [1.82, 2.24) is 5.32 Å². The lowest BCUT2D eigenvalue weighted by Crippen LogP contribution is -2.26. The second kappa shape index (κ2) is 6.27. The van der Waals surface area contributed by atoms with Crippen LogP contribution in [0.3, 0.4) is 0 Å². The first-order valence-electron chi connectivity index (χ1n) is 6.18. The SMILES string of the molecule is N#CCOc1cccc(CNCC2CCC2)c1. The summed E-state index contributed by atoms with van der Waals surface area (Å²) in [5, 5.41) is 11.9. The Bertz CT molecular complexity index is 393. The fraction of sp³-hybridized carbons (Fsp3) is 0.500. The van der Waals surface area contributed by atoms with Gasteiger partial charge in [0.1, 0.15) is 11.8 Å². The molecule has 1 fully saturated rings. The first-order chi connectivity index (χ1) is 8.38. The van der Waals surface area contributed by atoms with E-state index in [1.54, 1.807) is 0 Å². The van der Waals surface area contributed by atoms with Crippen LogP contribution in [0.4, 0.5) is 0 Å². The lowest BCUT2D eigenvalue weighted by molar-refractivity contribution is 0.301. The Morgan fingerprint density at radius 2 is 2.29 bits per heavy atom. The third-order valence-corrected chi connectivity index (χ3v) is 3.19. The zero-order valence-electron chi connectivity index (χ0n) is 9.98. The van der Waals surface area contributed by atoms with Crippen LogP contribution in [-0.4, -0.2) is 13.2 Å². The zero-order chi connectivity index (χ0) is 11.9. The first-order valence-corrected chi connectivity index (χ1v) is 6.18. The normalized spacial score (nSPS) is 15.0. The highest BCUT2D eigenvalue weighted by Crippen LogP contribution is 2.25. The third-order valence-electron chi connectivity index (χ3n) is 3.19. The van der Waals surface area contributed by atoms with Gasteiger partial charge in [-0.15, -0.1) is 0 Å². The van der Waals surface area contributed by atoms with Crippen LogP contribution in [0.25, 0.3) is 0 Å². The van der Waals surface area contributed by atoms with Crippen molar-refractivity contribution in [2.24, 2.45) is 5.92 Å². The van der Waals surface area contributed by atoms with Gasteiger partial charge in [0, 0.05) is 6.54 Å². The van der Waals surface area contributed by atoms with Crippen LogP contribution < -0.4 is 10.1 Å². The van der Waals surface area contributed by atoms with Gasteiger partial charge in [0.25, 0.3) is 0 Å². The van der Waals surface area contributed by atoms with Crippen molar-refractivity contribution in [1.29, 1.82) is 5.26 Å².